The standard InChI is InChI=1S/C17H23NO2/c1-12-10-13(2)15(14(3)11-12)16(19)17(20)18-8-6-4-5-7-9-18/h10-11H,4-9H2,1-3H3. The van der Waals surface area contributed by atoms with E-state index in [1.807, 2.05) is 32.9 Å². The first-order valence-electron chi connectivity index (χ1n) is 7.42. The quantitative estimate of drug-likeness (QED) is 0.613. The molecule has 1 aliphatic rings. The molecule has 0 N–H and O–H groups in total. The Labute approximate surface area is 121 Å². The molecule has 20 heavy (non-hydrogen) atoms. The Balaban J connectivity index is 2.24. The molecule has 1 aliphatic heterocycles. The maximum Gasteiger partial charge on any atom is 0.294 e. The summed E-state index contributed by atoms with van der Waals surface area (Å²) in [6.07, 6.45) is 4.32. The van der Waals surface area contributed by atoms with E-state index in [9.17, 15) is 9.59 Å². The van der Waals surface area contributed by atoms with Crippen LogP contribution in [0, 0.1) is 20.8 Å². The van der Waals surface area contributed by atoms with E-state index in [0.29, 0.717) is 18.7 Å². The molecule has 0 atom stereocenters. The van der Waals surface area contributed by atoms with Gasteiger partial charge in [-0.15, -0.1) is 0 Å². The van der Waals surface area contributed by atoms with Gasteiger partial charge in [0.05, 0.1) is 0 Å². The fourth-order valence-electron chi connectivity index (χ4n) is 3.06. The van der Waals surface area contributed by atoms with Crippen LogP contribution in [0.2, 0.25) is 0 Å². The average molecular weight is 273 g/mol. The van der Waals surface area contributed by atoms with Crippen molar-refractivity contribution in [3.05, 3.63) is 34.4 Å². The molecule has 0 radical (unpaired) electrons. The Morgan fingerprint density at radius 1 is 0.900 bits per heavy atom. The molecule has 1 fully saturated rings. The first kappa shape index (κ1) is 14.8. The van der Waals surface area contributed by atoms with Crippen molar-refractivity contribution in [1.29, 1.82) is 0 Å². The molecule has 1 amide bonds. The van der Waals surface area contributed by atoms with Gasteiger partial charge in [0.2, 0.25) is 0 Å². The Bertz CT molecular complexity index is 503. The highest BCUT2D eigenvalue weighted by atomic mass is 16.2. The highest BCUT2D eigenvalue weighted by molar-refractivity contribution is 6.43. The summed E-state index contributed by atoms with van der Waals surface area (Å²) in [5, 5.41) is 0. The summed E-state index contributed by atoms with van der Waals surface area (Å²) in [5.41, 5.74) is 3.51. The van der Waals surface area contributed by atoms with E-state index >= 15 is 0 Å². The number of aryl methyl sites for hydroxylation is 3. The molecule has 3 nitrogen and oxygen atoms in total. The zero-order chi connectivity index (χ0) is 14.7. The van der Waals surface area contributed by atoms with Gasteiger partial charge in [0.15, 0.2) is 0 Å². The Morgan fingerprint density at radius 3 is 1.90 bits per heavy atom. The average Bonchev–Trinajstić information content (AvgIpc) is 2.65. The van der Waals surface area contributed by atoms with Gasteiger partial charge >= 0.3 is 0 Å². The van der Waals surface area contributed by atoms with E-state index in [1.54, 1.807) is 4.90 Å². The number of Topliss-reactive ketones (excluding diaryl/α,β-unsaturated/α-hetero) is 1. The van der Waals surface area contributed by atoms with Crippen LogP contribution in [0.25, 0.3) is 0 Å². The van der Waals surface area contributed by atoms with Gasteiger partial charge in [-0.2, -0.15) is 0 Å². The number of carbonyl (C=O) groups is 2. The van der Waals surface area contributed by atoms with Gasteiger partial charge in [0.1, 0.15) is 0 Å². The first-order chi connectivity index (χ1) is 9.50. The molecule has 1 heterocycles. The van der Waals surface area contributed by atoms with Gasteiger partial charge in [0, 0.05) is 18.7 Å². The van der Waals surface area contributed by atoms with Crippen LogP contribution in [-0.2, 0) is 4.79 Å². The first-order valence-corrected chi connectivity index (χ1v) is 7.42. The third-order valence-corrected chi connectivity index (χ3v) is 3.99. The smallest absolute Gasteiger partial charge is 0.294 e. The fraction of sp³-hybridized carbons (Fsp3) is 0.529. The second-order valence-corrected chi connectivity index (χ2v) is 5.81. The van der Waals surface area contributed by atoms with E-state index < -0.39 is 0 Å². The van der Waals surface area contributed by atoms with Gasteiger partial charge in [0.25, 0.3) is 11.7 Å². The minimum absolute atomic E-state index is 0.332. The molecule has 0 aromatic heterocycles. The van der Waals surface area contributed by atoms with E-state index in [2.05, 4.69) is 0 Å². The number of ketones is 1. The van der Waals surface area contributed by atoms with Crippen molar-refractivity contribution in [2.45, 2.75) is 46.5 Å². The molecule has 108 valence electrons. The summed E-state index contributed by atoms with van der Waals surface area (Å²) in [5.74, 6) is -0.677. The van der Waals surface area contributed by atoms with E-state index in [0.717, 1.165) is 42.4 Å². The Morgan fingerprint density at radius 2 is 1.40 bits per heavy atom. The van der Waals surface area contributed by atoms with Crippen LogP contribution in [0.15, 0.2) is 12.1 Å². The summed E-state index contributed by atoms with van der Waals surface area (Å²) >= 11 is 0. The second kappa shape index (κ2) is 6.21. The predicted octanol–water partition coefficient (Wildman–Crippen LogP) is 3.20. The SMILES string of the molecule is Cc1cc(C)c(C(=O)C(=O)N2CCCCCC2)c(C)c1. The molecular weight excluding hydrogens is 250 g/mol. The highest BCUT2D eigenvalue weighted by Gasteiger charge is 2.26. The minimum atomic E-state index is -0.345. The van der Waals surface area contributed by atoms with Gasteiger partial charge in [-0.05, 0) is 44.7 Å². The van der Waals surface area contributed by atoms with Crippen molar-refractivity contribution < 1.29 is 9.59 Å². The molecule has 0 aliphatic carbocycles. The third kappa shape index (κ3) is 3.09. The molecule has 0 saturated carbocycles. The summed E-state index contributed by atoms with van der Waals surface area (Å²) in [6, 6.07) is 3.94. The number of carbonyl (C=O) groups excluding carboxylic acids is 2. The Hall–Kier alpha value is -1.64. The number of hydrogen-bond acceptors (Lipinski definition) is 2. The summed E-state index contributed by atoms with van der Waals surface area (Å²) in [7, 11) is 0. The summed E-state index contributed by atoms with van der Waals surface area (Å²) < 4.78 is 0. The Kier molecular flexibility index (Phi) is 4.58. The van der Waals surface area contributed by atoms with Crippen molar-refractivity contribution in [2.75, 3.05) is 13.1 Å². The lowest BCUT2D eigenvalue weighted by molar-refractivity contribution is -0.126. The summed E-state index contributed by atoms with van der Waals surface area (Å²) in [4.78, 5) is 26.7. The molecule has 1 aromatic carbocycles. The van der Waals surface area contributed by atoms with Crippen molar-refractivity contribution in [3.63, 3.8) is 0 Å². The number of nitrogens with zero attached hydrogens (tertiary/aromatic N) is 1. The second-order valence-electron chi connectivity index (χ2n) is 5.81. The van der Waals surface area contributed by atoms with Crippen LogP contribution in [0.4, 0.5) is 0 Å². The predicted molar refractivity (Wildman–Crippen MR) is 80.0 cm³/mol. The molecule has 3 heteroatoms. The van der Waals surface area contributed by atoms with E-state index in [-0.39, 0.29) is 11.7 Å². The maximum absolute atomic E-state index is 12.5. The number of amides is 1. The largest absolute Gasteiger partial charge is 0.336 e. The molecule has 0 spiro atoms. The lowest BCUT2D eigenvalue weighted by atomic mass is 9.96. The van der Waals surface area contributed by atoms with Gasteiger partial charge < -0.3 is 4.90 Å². The van der Waals surface area contributed by atoms with Crippen LogP contribution in [0.1, 0.15) is 52.7 Å². The number of likely N-dealkylation sites (tertiary alicyclic amines) is 1. The van der Waals surface area contributed by atoms with E-state index in [1.165, 1.54) is 0 Å². The molecule has 2 rings (SSSR count). The number of benzene rings is 1. The molecule has 1 aromatic rings. The lowest BCUT2D eigenvalue weighted by Gasteiger charge is -2.20. The number of rotatable bonds is 2. The van der Waals surface area contributed by atoms with Gasteiger partial charge in [-0.25, -0.2) is 0 Å². The molecular formula is C17H23NO2. The topological polar surface area (TPSA) is 37.4 Å². The van der Waals surface area contributed by atoms with Crippen LogP contribution >= 0.6 is 0 Å². The van der Waals surface area contributed by atoms with E-state index in [4.69, 9.17) is 0 Å². The van der Waals surface area contributed by atoms with Crippen molar-refractivity contribution in [2.24, 2.45) is 0 Å². The van der Waals surface area contributed by atoms with Crippen LogP contribution in [-0.4, -0.2) is 29.7 Å². The minimum Gasteiger partial charge on any atom is -0.336 e. The lowest BCUT2D eigenvalue weighted by Crippen LogP contribution is -2.37. The fourth-order valence-corrected chi connectivity index (χ4v) is 3.06. The zero-order valence-electron chi connectivity index (χ0n) is 12.7. The van der Waals surface area contributed by atoms with Crippen LogP contribution in [0.3, 0.4) is 0 Å². The third-order valence-electron chi connectivity index (χ3n) is 3.99. The molecule has 0 unspecified atom stereocenters. The molecule has 0 bridgehead atoms. The maximum atomic E-state index is 12.5. The summed E-state index contributed by atoms with van der Waals surface area (Å²) in [6.45, 7) is 7.25. The number of hydrogen-bond donors (Lipinski definition) is 0. The van der Waals surface area contributed by atoms with Crippen molar-refractivity contribution in [3.8, 4) is 0 Å². The zero-order valence-corrected chi connectivity index (χ0v) is 12.7. The highest BCUT2D eigenvalue weighted by Crippen LogP contribution is 2.19. The van der Waals surface area contributed by atoms with Crippen molar-refractivity contribution in [1.82, 2.24) is 4.90 Å². The molecule has 1 saturated heterocycles. The normalized spacial score (nSPS) is 15.8. The van der Waals surface area contributed by atoms with Crippen molar-refractivity contribution >= 4 is 11.7 Å². The van der Waals surface area contributed by atoms with Crippen LogP contribution < -0.4 is 0 Å². The van der Waals surface area contributed by atoms with Crippen LogP contribution in [0.5, 0.6) is 0 Å². The monoisotopic (exact) mass is 273 g/mol. The van der Waals surface area contributed by atoms with Gasteiger partial charge in [-0.3, -0.25) is 9.59 Å². The van der Waals surface area contributed by atoms with Gasteiger partial charge in [-0.1, -0.05) is 30.5 Å².